The molecule has 3 rings (SSSR count). The van der Waals surface area contributed by atoms with E-state index in [2.05, 4.69) is 4.99 Å². The van der Waals surface area contributed by atoms with Crippen LogP contribution in [0, 0.1) is 0 Å². The summed E-state index contributed by atoms with van der Waals surface area (Å²) >= 11 is 0. The predicted molar refractivity (Wildman–Crippen MR) is 93.6 cm³/mol. The van der Waals surface area contributed by atoms with E-state index in [-0.39, 0.29) is 0 Å². The number of allylic oxidation sites excluding steroid dienone is 1. The molecule has 2 N–H and O–H groups in total. The van der Waals surface area contributed by atoms with Gasteiger partial charge in [-0.25, -0.2) is 0 Å². The van der Waals surface area contributed by atoms with E-state index in [0.717, 1.165) is 29.2 Å². The van der Waals surface area contributed by atoms with Crippen LogP contribution in [0.3, 0.4) is 0 Å². The molecule has 0 saturated carbocycles. The Balaban J connectivity index is 2.19. The Morgan fingerprint density at radius 3 is 2.58 bits per heavy atom. The molecule has 2 aromatic rings. The highest BCUT2D eigenvalue weighted by Gasteiger charge is 2.10. The molecule has 0 spiro atoms. The maximum atomic E-state index is 6.12. The fourth-order valence-corrected chi connectivity index (χ4v) is 2.58. The molecule has 1 aliphatic rings. The van der Waals surface area contributed by atoms with E-state index in [9.17, 15) is 0 Å². The highest BCUT2D eigenvalue weighted by atomic mass is 16.5. The summed E-state index contributed by atoms with van der Waals surface area (Å²) in [5.74, 6) is 2.81. The van der Waals surface area contributed by atoms with Gasteiger partial charge >= 0.3 is 0 Å². The van der Waals surface area contributed by atoms with Gasteiger partial charge in [0.15, 0.2) is 11.5 Å². The number of anilines is 1. The molecule has 0 aliphatic carbocycles. The molecule has 0 unspecified atom stereocenters. The second-order valence-corrected chi connectivity index (χ2v) is 5.37. The van der Waals surface area contributed by atoms with Gasteiger partial charge in [-0.2, -0.15) is 0 Å². The van der Waals surface area contributed by atoms with Crippen LogP contribution >= 0.6 is 0 Å². The Kier molecular flexibility index (Phi) is 4.70. The van der Waals surface area contributed by atoms with Gasteiger partial charge in [0.1, 0.15) is 11.5 Å². The first kappa shape index (κ1) is 15.9. The maximum Gasteiger partial charge on any atom is 0.162 e. The van der Waals surface area contributed by atoms with Crippen molar-refractivity contribution in [1.29, 1.82) is 0 Å². The zero-order valence-electron chi connectivity index (χ0n) is 13.8. The summed E-state index contributed by atoms with van der Waals surface area (Å²) < 4.78 is 16.9. The Hall–Kier alpha value is -2.95. The molecule has 0 aromatic heterocycles. The van der Waals surface area contributed by atoms with Gasteiger partial charge in [-0.1, -0.05) is 12.1 Å². The second kappa shape index (κ2) is 7.08. The minimum absolute atomic E-state index is 0.636. The van der Waals surface area contributed by atoms with Crippen LogP contribution in [0.2, 0.25) is 0 Å². The monoisotopic (exact) mass is 324 g/mol. The minimum Gasteiger partial charge on any atom is -0.493 e. The standard InChI is InChI=1S/C19H20N2O3/c1-22-18-11-15-16(12-19(18)23-2)21-9-4-3-8-17(15)24-14-7-5-6-13(20)10-14/h4-7,9-12H,3,8,20H2,1-2H3/b9-4-,17-15+,21-16+. The molecule has 0 amide bonds. The number of benzene rings is 2. The number of nitrogens with two attached hydrogens (primary N) is 1. The highest BCUT2D eigenvalue weighted by molar-refractivity contribution is 5.51. The number of hydrogen-bond acceptors (Lipinski definition) is 5. The molecule has 124 valence electrons. The van der Waals surface area contributed by atoms with Crippen molar-refractivity contribution in [1.82, 2.24) is 0 Å². The minimum atomic E-state index is 0.636. The summed E-state index contributed by atoms with van der Waals surface area (Å²) in [5.41, 5.74) is 6.51. The van der Waals surface area contributed by atoms with Gasteiger partial charge in [0.05, 0.1) is 19.6 Å². The van der Waals surface area contributed by atoms with Crippen molar-refractivity contribution >= 4 is 11.4 Å². The van der Waals surface area contributed by atoms with Crippen molar-refractivity contribution in [2.75, 3.05) is 20.0 Å². The van der Waals surface area contributed by atoms with Gasteiger partial charge < -0.3 is 19.9 Å². The van der Waals surface area contributed by atoms with E-state index >= 15 is 0 Å². The van der Waals surface area contributed by atoms with E-state index < -0.39 is 0 Å². The first-order valence-corrected chi connectivity index (χ1v) is 7.72. The van der Waals surface area contributed by atoms with Crippen molar-refractivity contribution in [3.63, 3.8) is 0 Å². The largest absolute Gasteiger partial charge is 0.493 e. The lowest BCUT2D eigenvalue weighted by Crippen LogP contribution is -2.30. The summed E-state index contributed by atoms with van der Waals surface area (Å²) in [6.07, 6.45) is 5.42. The maximum absolute atomic E-state index is 6.12. The average molecular weight is 324 g/mol. The van der Waals surface area contributed by atoms with Gasteiger partial charge in [0.2, 0.25) is 0 Å². The van der Waals surface area contributed by atoms with Crippen molar-refractivity contribution < 1.29 is 14.2 Å². The topological polar surface area (TPSA) is 66.1 Å². The van der Waals surface area contributed by atoms with E-state index in [0.29, 0.717) is 22.9 Å². The van der Waals surface area contributed by atoms with E-state index in [1.54, 1.807) is 20.3 Å². The van der Waals surface area contributed by atoms with E-state index in [1.165, 1.54) is 0 Å². The van der Waals surface area contributed by atoms with Crippen LogP contribution < -0.4 is 30.5 Å². The van der Waals surface area contributed by atoms with Crippen LogP contribution in [0.5, 0.6) is 17.2 Å². The molecule has 1 heterocycles. The Morgan fingerprint density at radius 1 is 1.04 bits per heavy atom. The van der Waals surface area contributed by atoms with Crippen molar-refractivity contribution in [3.8, 4) is 17.2 Å². The molecule has 2 aromatic carbocycles. The van der Waals surface area contributed by atoms with Crippen LogP contribution in [-0.4, -0.2) is 14.2 Å². The lowest BCUT2D eigenvalue weighted by atomic mass is 10.1. The Bertz CT molecular complexity index is 888. The quantitative estimate of drug-likeness (QED) is 0.877. The summed E-state index contributed by atoms with van der Waals surface area (Å²) in [6.45, 7) is 0. The molecule has 0 radical (unpaired) electrons. The van der Waals surface area contributed by atoms with Crippen molar-refractivity contribution in [2.45, 2.75) is 12.8 Å². The van der Waals surface area contributed by atoms with Gasteiger partial charge in [-0.15, -0.1) is 0 Å². The van der Waals surface area contributed by atoms with Gasteiger partial charge in [-0.05, 0) is 24.6 Å². The third-order valence-electron chi connectivity index (χ3n) is 3.76. The molecule has 24 heavy (non-hydrogen) atoms. The molecule has 1 aliphatic heterocycles. The smallest absolute Gasteiger partial charge is 0.162 e. The number of methoxy groups -OCH3 is 2. The number of rotatable bonds is 4. The number of nitrogens with zero attached hydrogens (tertiary/aromatic N) is 1. The predicted octanol–water partition coefficient (Wildman–Crippen LogP) is 2.40. The van der Waals surface area contributed by atoms with Crippen LogP contribution in [0.25, 0.3) is 5.76 Å². The molecular formula is C19H20N2O3. The molecule has 0 atom stereocenters. The van der Waals surface area contributed by atoms with Gasteiger partial charge in [0, 0.05) is 35.7 Å². The number of nitrogen functional groups attached to an aromatic ring is 1. The first-order chi connectivity index (χ1) is 11.7. The number of hydrogen-bond donors (Lipinski definition) is 1. The summed E-state index contributed by atoms with van der Waals surface area (Å²) in [6, 6.07) is 11.1. The fraction of sp³-hybridized carbons (Fsp3) is 0.211. The van der Waals surface area contributed by atoms with Crippen LogP contribution in [0.1, 0.15) is 12.8 Å². The van der Waals surface area contributed by atoms with Crippen LogP contribution in [-0.2, 0) is 0 Å². The van der Waals surface area contributed by atoms with Crippen molar-refractivity contribution in [2.24, 2.45) is 4.99 Å². The summed E-state index contributed by atoms with van der Waals surface area (Å²) in [5, 5.41) is 1.67. The van der Waals surface area contributed by atoms with Crippen molar-refractivity contribution in [3.05, 3.63) is 59.3 Å². The molecule has 0 saturated heterocycles. The summed E-state index contributed by atoms with van der Waals surface area (Å²) in [4.78, 5) is 4.50. The van der Waals surface area contributed by atoms with E-state index in [1.807, 2.05) is 42.6 Å². The van der Waals surface area contributed by atoms with Crippen LogP contribution in [0.4, 0.5) is 5.69 Å². The Labute approximate surface area is 140 Å². The van der Waals surface area contributed by atoms with E-state index in [4.69, 9.17) is 19.9 Å². The first-order valence-electron chi connectivity index (χ1n) is 7.72. The number of ether oxygens (including phenoxy) is 3. The van der Waals surface area contributed by atoms with Gasteiger partial charge in [-0.3, -0.25) is 4.99 Å². The normalized spacial score (nSPS) is 18.3. The average Bonchev–Trinajstić information content (AvgIpc) is 2.58. The third kappa shape index (κ3) is 3.35. The van der Waals surface area contributed by atoms with Crippen LogP contribution in [0.15, 0.2) is 53.7 Å². The molecule has 5 heteroatoms. The van der Waals surface area contributed by atoms with Gasteiger partial charge in [0.25, 0.3) is 0 Å². The lowest BCUT2D eigenvalue weighted by Gasteiger charge is -2.13. The SMILES string of the molecule is COc1cc2/c(cc1OC)=C(/Oc1cccc(N)c1)CC\C=C/N=2. The molecule has 0 bridgehead atoms. The fourth-order valence-electron chi connectivity index (χ4n) is 2.58. The Morgan fingerprint density at radius 2 is 1.83 bits per heavy atom. The highest BCUT2D eigenvalue weighted by Crippen LogP contribution is 2.24. The molecule has 5 nitrogen and oxygen atoms in total. The molecular weight excluding hydrogens is 304 g/mol. The third-order valence-corrected chi connectivity index (χ3v) is 3.76. The lowest BCUT2D eigenvalue weighted by molar-refractivity contribution is 0.354. The zero-order chi connectivity index (χ0) is 16.9. The second-order valence-electron chi connectivity index (χ2n) is 5.37. The zero-order valence-corrected chi connectivity index (χ0v) is 13.8. The molecule has 0 fully saturated rings. The summed E-state index contributed by atoms with van der Waals surface area (Å²) in [7, 11) is 3.22. The number of fused-ring (bicyclic) bond motifs is 1.